The molecule has 0 saturated heterocycles. The molecular formula is C22H18N4O6S2. The third-order valence-corrected chi connectivity index (χ3v) is 6.61. The number of nitriles is 1. The van der Waals surface area contributed by atoms with Crippen LogP contribution in [-0.4, -0.2) is 43.4 Å². The highest BCUT2D eigenvalue weighted by Crippen LogP contribution is 2.30. The lowest BCUT2D eigenvalue weighted by atomic mass is 10.1. The van der Waals surface area contributed by atoms with Crippen LogP contribution in [0.5, 0.6) is 11.5 Å². The van der Waals surface area contributed by atoms with Crippen molar-refractivity contribution in [2.24, 2.45) is 0 Å². The first-order valence-electron chi connectivity index (χ1n) is 9.72. The van der Waals surface area contributed by atoms with Gasteiger partial charge in [-0.2, -0.15) is 5.26 Å². The molecule has 2 aromatic carbocycles. The van der Waals surface area contributed by atoms with Crippen molar-refractivity contribution in [1.82, 2.24) is 10.2 Å². The molecule has 10 nitrogen and oxygen atoms in total. The number of sulfone groups is 1. The average molecular weight is 499 g/mol. The van der Waals surface area contributed by atoms with Crippen LogP contribution in [0.3, 0.4) is 0 Å². The maximum atomic E-state index is 12.5. The van der Waals surface area contributed by atoms with Gasteiger partial charge in [-0.05, 0) is 42.8 Å². The van der Waals surface area contributed by atoms with Crippen LogP contribution in [-0.2, 0) is 14.6 Å². The van der Waals surface area contributed by atoms with Crippen LogP contribution in [0.4, 0.5) is 5.13 Å². The van der Waals surface area contributed by atoms with Gasteiger partial charge in [-0.3, -0.25) is 10.1 Å². The normalized spacial score (nSPS) is 11.4. The van der Waals surface area contributed by atoms with Crippen LogP contribution in [0.1, 0.15) is 22.8 Å². The lowest BCUT2D eigenvalue weighted by molar-refractivity contribution is -0.112. The van der Waals surface area contributed by atoms with Crippen LogP contribution in [0.2, 0.25) is 0 Å². The molecule has 0 saturated carbocycles. The summed E-state index contributed by atoms with van der Waals surface area (Å²) < 4.78 is 33.8. The van der Waals surface area contributed by atoms with E-state index in [4.69, 9.17) is 9.47 Å². The highest BCUT2D eigenvalue weighted by molar-refractivity contribution is 7.92. The Kier molecular flexibility index (Phi) is 7.72. The van der Waals surface area contributed by atoms with E-state index in [2.05, 4.69) is 15.5 Å². The molecule has 3 aromatic rings. The zero-order valence-corrected chi connectivity index (χ0v) is 19.6. The highest BCUT2D eigenvalue weighted by Gasteiger charge is 2.18. The summed E-state index contributed by atoms with van der Waals surface area (Å²) in [7, 11) is -3.57. The predicted molar refractivity (Wildman–Crippen MR) is 124 cm³/mol. The van der Waals surface area contributed by atoms with Crippen LogP contribution in [0.25, 0.3) is 6.08 Å². The molecule has 0 fully saturated rings. The third-order valence-electron chi connectivity index (χ3n) is 4.10. The fraction of sp³-hybridized carbons (Fsp3) is 0.136. The molecule has 0 aliphatic heterocycles. The Bertz CT molecular complexity index is 1390. The maximum Gasteiger partial charge on any atom is 0.343 e. The number of hydrogen-bond donors (Lipinski definition) is 1. The molecule has 1 amide bonds. The maximum absolute atomic E-state index is 12.5. The lowest BCUT2D eigenvalue weighted by Crippen LogP contribution is -2.13. The lowest BCUT2D eigenvalue weighted by Gasteiger charge is -2.11. The van der Waals surface area contributed by atoms with Crippen LogP contribution < -0.4 is 14.8 Å². The molecule has 1 N–H and O–H groups in total. The minimum absolute atomic E-state index is 0.0650. The number of esters is 1. The fourth-order valence-electron chi connectivity index (χ4n) is 2.59. The number of nitrogens with one attached hydrogen (secondary N) is 1. The van der Waals surface area contributed by atoms with Crippen LogP contribution >= 0.6 is 11.3 Å². The molecule has 0 bridgehead atoms. The Hall–Kier alpha value is -4.08. The first kappa shape index (κ1) is 24.6. The van der Waals surface area contributed by atoms with Crippen molar-refractivity contribution in [3.63, 3.8) is 0 Å². The number of carbonyl (C=O) groups is 2. The SMILES string of the molecule is CCOc1cc(/C=C(/C#N)C(=O)Nc2nnc(S(C)(=O)=O)s2)ccc1OC(=O)c1ccccc1. The van der Waals surface area contributed by atoms with E-state index < -0.39 is 21.7 Å². The second kappa shape index (κ2) is 10.7. The van der Waals surface area contributed by atoms with Crippen molar-refractivity contribution < 1.29 is 27.5 Å². The van der Waals surface area contributed by atoms with E-state index in [0.29, 0.717) is 22.5 Å². The predicted octanol–water partition coefficient (Wildman–Crippen LogP) is 3.11. The summed E-state index contributed by atoms with van der Waals surface area (Å²) in [4.78, 5) is 24.8. The number of nitrogens with zero attached hydrogens (tertiary/aromatic N) is 3. The standard InChI is InChI=1S/C22H18N4O6S2/c1-3-31-18-12-14(9-10-17(18)32-20(28)15-7-5-4-6-8-15)11-16(13-23)19(27)24-21-25-26-22(33-21)34(2,29)30/h4-12H,3H2,1-2H3,(H,24,25,27)/b16-11-. The number of ether oxygens (including phenoxy) is 2. The van der Waals surface area contributed by atoms with Gasteiger partial charge in [-0.15, -0.1) is 10.2 Å². The van der Waals surface area contributed by atoms with Crippen molar-refractivity contribution >= 4 is 44.3 Å². The number of anilines is 1. The van der Waals surface area contributed by atoms with E-state index in [1.807, 2.05) is 0 Å². The van der Waals surface area contributed by atoms with E-state index >= 15 is 0 Å². The summed E-state index contributed by atoms with van der Waals surface area (Å²) in [5, 5.41) is 18.8. The molecular weight excluding hydrogens is 480 g/mol. The first-order valence-corrected chi connectivity index (χ1v) is 12.4. The summed E-state index contributed by atoms with van der Waals surface area (Å²) >= 11 is 0.670. The molecule has 1 heterocycles. The molecule has 0 spiro atoms. The Labute approximate surface area is 199 Å². The first-order chi connectivity index (χ1) is 16.2. The van der Waals surface area contributed by atoms with Gasteiger partial charge >= 0.3 is 5.97 Å². The monoisotopic (exact) mass is 498 g/mol. The molecule has 3 rings (SSSR count). The summed E-state index contributed by atoms with van der Waals surface area (Å²) in [6.07, 6.45) is 2.27. The zero-order valence-electron chi connectivity index (χ0n) is 18.0. The van der Waals surface area contributed by atoms with E-state index in [1.165, 1.54) is 18.2 Å². The van der Waals surface area contributed by atoms with Crippen molar-refractivity contribution in [2.45, 2.75) is 11.3 Å². The van der Waals surface area contributed by atoms with E-state index in [9.17, 15) is 23.3 Å². The molecule has 0 unspecified atom stereocenters. The van der Waals surface area contributed by atoms with Gasteiger partial charge < -0.3 is 9.47 Å². The third kappa shape index (κ3) is 6.25. The highest BCUT2D eigenvalue weighted by atomic mass is 32.2. The molecule has 1 aromatic heterocycles. The van der Waals surface area contributed by atoms with Crippen molar-refractivity contribution in [1.29, 1.82) is 5.26 Å². The second-order valence-electron chi connectivity index (χ2n) is 6.66. The number of carbonyl (C=O) groups excluding carboxylic acids is 2. The van der Waals surface area contributed by atoms with Gasteiger partial charge in [-0.1, -0.05) is 35.6 Å². The second-order valence-corrected chi connectivity index (χ2v) is 9.83. The van der Waals surface area contributed by atoms with E-state index in [0.717, 1.165) is 6.26 Å². The van der Waals surface area contributed by atoms with Crippen molar-refractivity contribution in [2.75, 3.05) is 18.2 Å². The number of rotatable bonds is 8. The smallest absolute Gasteiger partial charge is 0.343 e. The molecule has 0 radical (unpaired) electrons. The Morgan fingerprint density at radius 3 is 2.50 bits per heavy atom. The summed E-state index contributed by atoms with van der Waals surface area (Å²) in [6, 6.07) is 14.8. The number of amides is 1. The average Bonchev–Trinajstić information content (AvgIpc) is 3.28. The largest absolute Gasteiger partial charge is 0.490 e. The minimum Gasteiger partial charge on any atom is -0.490 e. The fourth-order valence-corrected chi connectivity index (χ4v) is 4.09. The van der Waals surface area contributed by atoms with Crippen LogP contribution in [0.15, 0.2) is 58.4 Å². The van der Waals surface area contributed by atoms with Gasteiger partial charge in [0.15, 0.2) is 11.5 Å². The van der Waals surface area contributed by atoms with Gasteiger partial charge in [0, 0.05) is 6.26 Å². The topological polar surface area (TPSA) is 148 Å². The Morgan fingerprint density at radius 1 is 1.15 bits per heavy atom. The summed E-state index contributed by atoms with van der Waals surface area (Å²) in [5.74, 6) is -0.929. The molecule has 0 atom stereocenters. The minimum atomic E-state index is -3.57. The molecule has 0 aliphatic rings. The molecule has 0 aliphatic carbocycles. The molecule has 174 valence electrons. The summed E-state index contributed by atoms with van der Waals surface area (Å²) in [6.45, 7) is 2.04. The Balaban J connectivity index is 1.81. The van der Waals surface area contributed by atoms with Gasteiger partial charge in [0.05, 0.1) is 12.2 Å². The van der Waals surface area contributed by atoms with Gasteiger partial charge in [0.2, 0.25) is 19.3 Å². The van der Waals surface area contributed by atoms with Gasteiger partial charge in [0.1, 0.15) is 11.6 Å². The van der Waals surface area contributed by atoms with Gasteiger partial charge in [-0.25, -0.2) is 13.2 Å². The van der Waals surface area contributed by atoms with Crippen LogP contribution in [0, 0.1) is 11.3 Å². The summed E-state index contributed by atoms with van der Waals surface area (Å²) in [5.41, 5.74) is 0.532. The van der Waals surface area contributed by atoms with Crippen molar-refractivity contribution in [3.05, 3.63) is 65.2 Å². The quantitative estimate of drug-likeness (QED) is 0.162. The van der Waals surface area contributed by atoms with E-state index in [-0.39, 0.29) is 33.2 Å². The number of hydrogen-bond acceptors (Lipinski definition) is 10. The number of benzene rings is 2. The Morgan fingerprint density at radius 2 is 1.88 bits per heavy atom. The number of aromatic nitrogens is 2. The molecule has 12 heteroatoms. The van der Waals surface area contributed by atoms with Gasteiger partial charge in [0.25, 0.3) is 5.91 Å². The van der Waals surface area contributed by atoms with Crippen molar-refractivity contribution in [3.8, 4) is 17.6 Å². The molecule has 34 heavy (non-hydrogen) atoms. The zero-order chi connectivity index (χ0) is 24.7. The van der Waals surface area contributed by atoms with E-state index in [1.54, 1.807) is 49.4 Å².